The summed E-state index contributed by atoms with van der Waals surface area (Å²) in [5.74, 6) is 1.02. The Kier molecular flexibility index (Phi) is 6.68. The van der Waals surface area contributed by atoms with Crippen molar-refractivity contribution in [3.8, 4) is 11.6 Å². The van der Waals surface area contributed by atoms with Crippen molar-refractivity contribution in [1.29, 1.82) is 0 Å². The summed E-state index contributed by atoms with van der Waals surface area (Å²) in [6.45, 7) is 2.92. The first-order valence-corrected chi connectivity index (χ1v) is 10.1. The average Bonchev–Trinajstić information content (AvgIpc) is 2.80. The van der Waals surface area contributed by atoms with Gasteiger partial charge in [0.1, 0.15) is 30.3 Å². The topological polar surface area (TPSA) is 67.8 Å². The predicted molar refractivity (Wildman–Crippen MR) is 113 cm³/mol. The van der Waals surface area contributed by atoms with Crippen LogP contribution in [0.2, 0.25) is 0 Å². The number of benzene rings is 2. The first-order chi connectivity index (χ1) is 15.2. The zero-order valence-electron chi connectivity index (χ0n) is 17.0. The minimum absolute atomic E-state index is 0.0200. The van der Waals surface area contributed by atoms with Crippen molar-refractivity contribution >= 4 is 11.7 Å². The van der Waals surface area contributed by atoms with Gasteiger partial charge in [0.25, 0.3) is 0 Å². The smallest absolute Gasteiger partial charge is 0.248 e. The quantitative estimate of drug-likeness (QED) is 0.582. The molecule has 3 aromatic rings. The van der Waals surface area contributed by atoms with E-state index >= 15 is 0 Å². The molecule has 1 fully saturated rings. The van der Waals surface area contributed by atoms with Crippen LogP contribution in [-0.4, -0.2) is 53.6 Å². The van der Waals surface area contributed by atoms with Crippen LogP contribution in [0.4, 0.5) is 10.2 Å². The number of hydrogen-bond donors (Lipinski definition) is 0. The summed E-state index contributed by atoms with van der Waals surface area (Å²) < 4.78 is 24.5. The minimum atomic E-state index is -0.375. The fourth-order valence-corrected chi connectivity index (χ4v) is 3.32. The maximum atomic E-state index is 13.3. The Labute approximate surface area is 180 Å². The van der Waals surface area contributed by atoms with Crippen molar-refractivity contribution in [2.75, 3.05) is 37.7 Å². The zero-order chi connectivity index (χ0) is 21.5. The van der Waals surface area contributed by atoms with Gasteiger partial charge in [0.15, 0.2) is 0 Å². The molecule has 4 rings (SSSR count). The van der Waals surface area contributed by atoms with Gasteiger partial charge in [-0.1, -0.05) is 36.4 Å². The summed E-state index contributed by atoms with van der Waals surface area (Å²) in [5, 5.41) is 0. The van der Waals surface area contributed by atoms with E-state index in [1.807, 2.05) is 30.3 Å². The van der Waals surface area contributed by atoms with E-state index < -0.39 is 0 Å². The monoisotopic (exact) mass is 422 g/mol. The molecule has 31 heavy (non-hydrogen) atoms. The van der Waals surface area contributed by atoms with Gasteiger partial charge in [0.2, 0.25) is 11.8 Å². The van der Waals surface area contributed by atoms with Gasteiger partial charge in [0, 0.05) is 38.3 Å². The molecular formula is C23H23FN4O3. The third-order valence-electron chi connectivity index (χ3n) is 4.94. The predicted octanol–water partition coefficient (Wildman–Crippen LogP) is 3.27. The highest BCUT2D eigenvalue weighted by Gasteiger charge is 2.22. The normalized spacial score (nSPS) is 13.8. The zero-order valence-corrected chi connectivity index (χ0v) is 17.0. The molecule has 0 atom stereocenters. The Morgan fingerprint density at radius 1 is 0.968 bits per heavy atom. The molecule has 2 aromatic carbocycles. The van der Waals surface area contributed by atoms with Crippen molar-refractivity contribution in [2.24, 2.45) is 0 Å². The molecule has 0 saturated carbocycles. The highest BCUT2D eigenvalue weighted by atomic mass is 19.1. The summed E-state index contributed by atoms with van der Waals surface area (Å²) in [6, 6.07) is 17.4. The van der Waals surface area contributed by atoms with E-state index in [1.165, 1.54) is 18.5 Å². The third kappa shape index (κ3) is 5.76. The molecule has 0 aliphatic carbocycles. The minimum Gasteiger partial charge on any atom is -0.439 e. The molecule has 7 nitrogen and oxygen atoms in total. The molecule has 0 unspecified atom stereocenters. The van der Waals surface area contributed by atoms with Crippen molar-refractivity contribution in [3.63, 3.8) is 0 Å². The number of rotatable bonds is 7. The number of hydrogen-bond acceptors (Lipinski definition) is 6. The van der Waals surface area contributed by atoms with Crippen LogP contribution >= 0.6 is 0 Å². The second kappa shape index (κ2) is 9.99. The van der Waals surface area contributed by atoms with Crippen LogP contribution in [0.1, 0.15) is 5.56 Å². The summed E-state index contributed by atoms with van der Waals surface area (Å²) in [4.78, 5) is 24.7. The van der Waals surface area contributed by atoms with Gasteiger partial charge in [-0.15, -0.1) is 0 Å². The lowest BCUT2D eigenvalue weighted by molar-refractivity contribution is -0.136. The second-order valence-electron chi connectivity index (χ2n) is 7.12. The molecule has 1 amide bonds. The van der Waals surface area contributed by atoms with Gasteiger partial charge in [0.05, 0.1) is 6.61 Å². The van der Waals surface area contributed by atoms with Crippen LogP contribution in [0.15, 0.2) is 67.0 Å². The molecule has 0 spiro atoms. The highest BCUT2D eigenvalue weighted by molar-refractivity contribution is 5.77. The molecule has 0 bridgehead atoms. The molecule has 2 heterocycles. The fraction of sp³-hybridized carbons (Fsp3) is 0.261. The molecule has 1 aromatic heterocycles. The Morgan fingerprint density at radius 2 is 1.77 bits per heavy atom. The fourth-order valence-electron chi connectivity index (χ4n) is 3.32. The molecular weight excluding hydrogens is 399 g/mol. The van der Waals surface area contributed by atoms with E-state index in [9.17, 15) is 9.18 Å². The number of aromatic nitrogens is 2. The lowest BCUT2D eigenvalue weighted by Gasteiger charge is -2.35. The third-order valence-corrected chi connectivity index (χ3v) is 4.94. The number of anilines is 1. The van der Waals surface area contributed by atoms with Crippen molar-refractivity contribution in [2.45, 2.75) is 6.61 Å². The van der Waals surface area contributed by atoms with Crippen LogP contribution in [0.3, 0.4) is 0 Å². The Hall–Kier alpha value is -3.52. The van der Waals surface area contributed by atoms with Crippen molar-refractivity contribution in [1.82, 2.24) is 14.9 Å². The molecule has 8 heteroatoms. The van der Waals surface area contributed by atoms with Gasteiger partial charge < -0.3 is 19.3 Å². The van der Waals surface area contributed by atoms with Gasteiger partial charge in [-0.3, -0.25) is 4.79 Å². The van der Waals surface area contributed by atoms with E-state index in [2.05, 4.69) is 14.9 Å². The molecule has 0 radical (unpaired) electrons. The lowest BCUT2D eigenvalue weighted by Crippen LogP contribution is -2.50. The molecule has 160 valence electrons. The van der Waals surface area contributed by atoms with Crippen molar-refractivity contribution < 1.29 is 18.7 Å². The number of piperazine rings is 1. The molecule has 1 aliphatic heterocycles. The summed E-state index contributed by atoms with van der Waals surface area (Å²) in [5.41, 5.74) is 1.04. The Morgan fingerprint density at radius 3 is 2.55 bits per heavy atom. The standard InChI is InChI=1S/C23H23FN4O3/c24-19-7-4-8-20(13-19)31-22-14-21(25-17-26-22)27-9-11-28(12-10-27)23(29)16-30-15-18-5-2-1-3-6-18/h1-8,13-14,17H,9-12,15-16H2. The van der Waals surface area contributed by atoms with E-state index in [4.69, 9.17) is 9.47 Å². The maximum absolute atomic E-state index is 13.3. The highest BCUT2D eigenvalue weighted by Crippen LogP contribution is 2.23. The summed E-state index contributed by atoms with van der Waals surface area (Å²) in [6.07, 6.45) is 1.42. The van der Waals surface area contributed by atoms with E-state index in [1.54, 1.807) is 23.1 Å². The Bertz CT molecular complexity index is 1010. The van der Waals surface area contributed by atoms with Crippen LogP contribution in [0, 0.1) is 5.82 Å². The van der Waals surface area contributed by atoms with Crippen LogP contribution in [0.5, 0.6) is 11.6 Å². The van der Waals surface area contributed by atoms with E-state index in [-0.39, 0.29) is 18.3 Å². The number of carbonyl (C=O) groups is 1. The van der Waals surface area contributed by atoms with Gasteiger partial charge >= 0.3 is 0 Å². The second-order valence-corrected chi connectivity index (χ2v) is 7.12. The largest absolute Gasteiger partial charge is 0.439 e. The van der Waals surface area contributed by atoms with Gasteiger partial charge in [-0.05, 0) is 17.7 Å². The van der Waals surface area contributed by atoms with Gasteiger partial charge in [-0.25, -0.2) is 14.4 Å². The average molecular weight is 422 g/mol. The Balaban J connectivity index is 1.27. The molecule has 1 aliphatic rings. The number of amides is 1. The maximum Gasteiger partial charge on any atom is 0.248 e. The van der Waals surface area contributed by atoms with Gasteiger partial charge in [-0.2, -0.15) is 0 Å². The van der Waals surface area contributed by atoms with Crippen LogP contribution in [-0.2, 0) is 16.1 Å². The first kappa shape index (κ1) is 20.7. The first-order valence-electron chi connectivity index (χ1n) is 10.1. The van der Waals surface area contributed by atoms with Crippen LogP contribution < -0.4 is 9.64 Å². The van der Waals surface area contributed by atoms with E-state index in [0.29, 0.717) is 50.2 Å². The number of carbonyl (C=O) groups excluding carboxylic acids is 1. The lowest BCUT2D eigenvalue weighted by atomic mass is 10.2. The summed E-state index contributed by atoms with van der Waals surface area (Å²) >= 11 is 0. The van der Waals surface area contributed by atoms with Crippen molar-refractivity contribution in [3.05, 3.63) is 78.4 Å². The molecule has 0 N–H and O–H groups in total. The number of nitrogens with zero attached hydrogens (tertiary/aromatic N) is 4. The molecule has 1 saturated heterocycles. The van der Waals surface area contributed by atoms with E-state index in [0.717, 1.165) is 5.56 Å². The number of halogens is 1. The number of ether oxygens (including phenoxy) is 2. The van der Waals surface area contributed by atoms with Crippen LogP contribution in [0.25, 0.3) is 0 Å². The SMILES string of the molecule is O=C(COCc1ccccc1)N1CCN(c2cc(Oc3cccc(F)c3)ncn2)CC1. The summed E-state index contributed by atoms with van der Waals surface area (Å²) in [7, 11) is 0.